The number of carbonyl (C=O) groups is 2. The quantitative estimate of drug-likeness (QED) is 0.782. The van der Waals surface area contributed by atoms with Crippen LogP contribution in [0.25, 0.3) is 0 Å². The first-order chi connectivity index (χ1) is 9.92. The maximum absolute atomic E-state index is 12.0. The molecule has 2 amide bonds. The summed E-state index contributed by atoms with van der Waals surface area (Å²) in [5, 5.41) is 5.92. The number of rotatable bonds is 5. The van der Waals surface area contributed by atoms with E-state index in [4.69, 9.17) is 17.3 Å². The van der Waals surface area contributed by atoms with Crippen LogP contribution in [0, 0.1) is 0 Å². The highest BCUT2D eigenvalue weighted by atomic mass is 35.5. The van der Waals surface area contributed by atoms with Gasteiger partial charge in [-0.1, -0.05) is 18.5 Å². The van der Waals surface area contributed by atoms with Crippen LogP contribution in [-0.2, 0) is 9.59 Å². The first kappa shape index (κ1) is 15.8. The third-order valence-corrected chi connectivity index (χ3v) is 4.04. The zero-order valence-electron chi connectivity index (χ0n) is 12.0. The van der Waals surface area contributed by atoms with Crippen LogP contribution in [0.3, 0.4) is 0 Å². The Morgan fingerprint density at radius 1 is 1.29 bits per heavy atom. The summed E-state index contributed by atoms with van der Waals surface area (Å²) in [6.07, 6.45) is 3.50. The van der Waals surface area contributed by atoms with Crippen LogP contribution in [-0.4, -0.2) is 17.4 Å². The molecule has 1 aliphatic rings. The number of amides is 2. The fraction of sp³-hybridized carbons (Fsp3) is 0.467. The zero-order valence-corrected chi connectivity index (χ0v) is 12.8. The smallest absolute Gasteiger partial charge is 0.226 e. The van der Waals surface area contributed by atoms with Gasteiger partial charge in [0.25, 0.3) is 0 Å². The van der Waals surface area contributed by atoms with Gasteiger partial charge in [-0.3, -0.25) is 9.59 Å². The van der Waals surface area contributed by atoms with Crippen molar-refractivity contribution in [1.82, 2.24) is 0 Å². The highest BCUT2D eigenvalue weighted by molar-refractivity contribution is 6.33. The summed E-state index contributed by atoms with van der Waals surface area (Å²) in [6, 6.07) is 4.99. The molecule has 21 heavy (non-hydrogen) atoms. The highest BCUT2D eigenvalue weighted by Crippen LogP contribution is 2.33. The Labute approximate surface area is 129 Å². The highest BCUT2D eigenvalue weighted by Gasteiger charge is 2.34. The van der Waals surface area contributed by atoms with E-state index in [1.807, 2.05) is 0 Å². The normalized spacial score (nSPS) is 16.0. The first-order valence-corrected chi connectivity index (χ1v) is 7.48. The molecule has 0 saturated heterocycles. The second kappa shape index (κ2) is 6.45. The molecule has 1 fully saturated rings. The lowest BCUT2D eigenvalue weighted by atomic mass is 9.75. The fourth-order valence-corrected chi connectivity index (χ4v) is 2.43. The van der Waals surface area contributed by atoms with Crippen molar-refractivity contribution in [3.63, 3.8) is 0 Å². The van der Waals surface area contributed by atoms with Gasteiger partial charge in [-0.25, -0.2) is 0 Å². The van der Waals surface area contributed by atoms with Crippen molar-refractivity contribution in [2.24, 2.45) is 5.73 Å². The molecule has 114 valence electrons. The van der Waals surface area contributed by atoms with Gasteiger partial charge >= 0.3 is 0 Å². The van der Waals surface area contributed by atoms with E-state index in [9.17, 15) is 9.59 Å². The van der Waals surface area contributed by atoms with Crippen LogP contribution in [0.15, 0.2) is 18.2 Å². The molecule has 0 bridgehead atoms. The van der Waals surface area contributed by atoms with E-state index in [1.54, 1.807) is 25.1 Å². The molecule has 0 atom stereocenters. The van der Waals surface area contributed by atoms with Crippen molar-refractivity contribution < 1.29 is 9.59 Å². The number of carbonyl (C=O) groups excluding carboxylic acids is 2. The van der Waals surface area contributed by atoms with E-state index in [0.717, 1.165) is 19.3 Å². The Morgan fingerprint density at radius 3 is 2.57 bits per heavy atom. The van der Waals surface area contributed by atoms with Crippen LogP contribution in [0.5, 0.6) is 0 Å². The molecule has 2 rings (SSSR count). The minimum absolute atomic E-state index is 0.0926. The number of benzene rings is 1. The summed E-state index contributed by atoms with van der Waals surface area (Å²) in [4.78, 5) is 23.4. The number of anilines is 2. The van der Waals surface area contributed by atoms with Crippen LogP contribution >= 0.6 is 11.6 Å². The molecule has 0 aliphatic heterocycles. The molecular formula is C15H20ClN3O2. The molecule has 1 saturated carbocycles. The molecule has 1 aliphatic carbocycles. The lowest BCUT2D eigenvalue weighted by Gasteiger charge is -2.37. The molecule has 0 radical (unpaired) electrons. The Hall–Kier alpha value is -1.59. The summed E-state index contributed by atoms with van der Waals surface area (Å²) in [5.41, 5.74) is 6.78. The van der Waals surface area contributed by atoms with Crippen LogP contribution in [0.2, 0.25) is 5.02 Å². The van der Waals surface area contributed by atoms with Crippen molar-refractivity contribution in [2.45, 2.75) is 44.6 Å². The minimum atomic E-state index is -0.370. The van der Waals surface area contributed by atoms with Crippen molar-refractivity contribution in [1.29, 1.82) is 0 Å². The molecular weight excluding hydrogens is 290 g/mol. The van der Waals surface area contributed by atoms with Gasteiger partial charge in [0.05, 0.1) is 10.7 Å². The molecule has 0 unspecified atom stereocenters. The van der Waals surface area contributed by atoms with Gasteiger partial charge in [0, 0.05) is 24.1 Å². The third-order valence-electron chi connectivity index (χ3n) is 3.71. The van der Waals surface area contributed by atoms with Crippen LogP contribution < -0.4 is 16.4 Å². The van der Waals surface area contributed by atoms with Crippen molar-refractivity contribution in [3.05, 3.63) is 23.2 Å². The Kier molecular flexibility index (Phi) is 4.85. The molecule has 0 heterocycles. The molecule has 1 aromatic carbocycles. The fourth-order valence-electron chi connectivity index (χ4n) is 2.27. The molecule has 0 aromatic heterocycles. The molecule has 6 heteroatoms. The van der Waals surface area contributed by atoms with Crippen molar-refractivity contribution in [2.75, 3.05) is 10.6 Å². The van der Waals surface area contributed by atoms with E-state index >= 15 is 0 Å². The average Bonchev–Trinajstić information content (AvgIpc) is 2.40. The Morgan fingerprint density at radius 2 is 2.00 bits per heavy atom. The number of nitrogens with one attached hydrogen (secondary N) is 2. The number of hydrogen-bond donors (Lipinski definition) is 3. The van der Waals surface area contributed by atoms with Gasteiger partial charge in [0.15, 0.2) is 0 Å². The topological polar surface area (TPSA) is 84.2 Å². The average molecular weight is 310 g/mol. The largest absolute Gasteiger partial charge is 0.326 e. The van der Waals surface area contributed by atoms with Crippen molar-refractivity contribution in [3.8, 4) is 0 Å². The molecule has 5 nitrogen and oxygen atoms in total. The van der Waals surface area contributed by atoms with Gasteiger partial charge in [-0.05, 0) is 37.5 Å². The second-order valence-electron chi connectivity index (χ2n) is 5.54. The molecule has 0 spiro atoms. The summed E-state index contributed by atoms with van der Waals surface area (Å²) in [6.45, 7) is 1.77. The first-order valence-electron chi connectivity index (χ1n) is 7.10. The summed E-state index contributed by atoms with van der Waals surface area (Å²) in [7, 11) is 0. The van der Waals surface area contributed by atoms with E-state index in [-0.39, 0.29) is 23.8 Å². The molecule has 4 N–H and O–H groups in total. The van der Waals surface area contributed by atoms with Gasteiger partial charge in [-0.15, -0.1) is 0 Å². The van der Waals surface area contributed by atoms with Crippen LogP contribution in [0.4, 0.5) is 11.4 Å². The van der Waals surface area contributed by atoms with Gasteiger partial charge < -0.3 is 16.4 Å². The lowest BCUT2D eigenvalue weighted by molar-refractivity contribution is -0.118. The maximum atomic E-state index is 12.0. The SMILES string of the molecule is CCC(=O)Nc1ccc(Cl)c(NC(=O)CC2(N)CCC2)c1. The number of hydrogen-bond acceptors (Lipinski definition) is 3. The standard InChI is InChI=1S/C15H20ClN3O2/c1-2-13(20)18-10-4-5-11(16)12(8-10)19-14(21)9-15(17)6-3-7-15/h4-5,8H,2-3,6-7,9,17H2,1H3,(H,18,20)(H,19,21). The summed E-state index contributed by atoms with van der Waals surface area (Å²) >= 11 is 6.07. The monoisotopic (exact) mass is 309 g/mol. The van der Waals surface area contributed by atoms with E-state index in [0.29, 0.717) is 22.8 Å². The Balaban J connectivity index is 2.02. The third kappa shape index (κ3) is 4.19. The zero-order chi connectivity index (χ0) is 15.5. The van der Waals surface area contributed by atoms with Crippen molar-refractivity contribution >= 4 is 34.8 Å². The predicted octanol–water partition coefficient (Wildman–Crippen LogP) is 2.90. The Bertz CT molecular complexity index is 556. The predicted molar refractivity (Wildman–Crippen MR) is 84.4 cm³/mol. The summed E-state index contributed by atoms with van der Waals surface area (Å²) in [5.74, 6) is -0.247. The van der Waals surface area contributed by atoms with Crippen LogP contribution in [0.1, 0.15) is 39.0 Å². The molecule has 1 aromatic rings. The number of nitrogens with two attached hydrogens (primary N) is 1. The minimum Gasteiger partial charge on any atom is -0.326 e. The number of halogens is 1. The lowest BCUT2D eigenvalue weighted by Crippen LogP contribution is -2.48. The maximum Gasteiger partial charge on any atom is 0.226 e. The van der Waals surface area contributed by atoms with Gasteiger partial charge in [0.1, 0.15) is 0 Å². The van der Waals surface area contributed by atoms with E-state index in [1.165, 1.54) is 0 Å². The van der Waals surface area contributed by atoms with Gasteiger partial charge in [0.2, 0.25) is 11.8 Å². The summed E-state index contributed by atoms with van der Waals surface area (Å²) < 4.78 is 0. The second-order valence-corrected chi connectivity index (χ2v) is 5.94. The van der Waals surface area contributed by atoms with E-state index in [2.05, 4.69) is 10.6 Å². The van der Waals surface area contributed by atoms with E-state index < -0.39 is 0 Å². The van der Waals surface area contributed by atoms with Gasteiger partial charge in [-0.2, -0.15) is 0 Å².